The molecule has 21 heteroatoms. The van der Waals surface area contributed by atoms with Crippen LogP contribution in [0, 0.1) is 29.1 Å². The smallest absolute Gasteiger partial charge is 0.313 e. The number of esters is 1. The van der Waals surface area contributed by atoms with Crippen LogP contribution in [0.3, 0.4) is 0 Å². The minimum absolute atomic E-state index is 0.0663. The van der Waals surface area contributed by atoms with Crippen molar-refractivity contribution >= 4 is 5.97 Å². The van der Waals surface area contributed by atoms with E-state index in [1.807, 2.05) is 0 Å². The molecule has 2 aromatic rings. The summed E-state index contributed by atoms with van der Waals surface area (Å²) in [6.45, 7) is 3.46. The predicted octanol–water partition coefficient (Wildman–Crippen LogP) is 0.457. The van der Waals surface area contributed by atoms with Crippen molar-refractivity contribution in [2.24, 2.45) is 0 Å². The molecule has 2 heterocycles. The largest absolute Gasteiger partial charge is 0.420 e. The van der Waals surface area contributed by atoms with Crippen molar-refractivity contribution in [1.82, 2.24) is 15.0 Å². The summed E-state index contributed by atoms with van der Waals surface area (Å²) in [4.78, 5) is 11.7. The van der Waals surface area contributed by atoms with Gasteiger partial charge in [0.1, 0.15) is 12.2 Å². The first-order chi connectivity index (χ1) is 25.1. The van der Waals surface area contributed by atoms with Gasteiger partial charge in [0.05, 0.1) is 117 Å². The monoisotopic (exact) mass is 761 g/mol. The molecule has 0 bridgehead atoms. The number of carbonyl (C=O) groups excluding carboxylic acids is 1. The van der Waals surface area contributed by atoms with Crippen LogP contribution in [0.2, 0.25) is 0 Å². The Bertz CT molecular complexity index is 1300. The molecule has 1 aliphatic heterocycles. The summed E-state index contributed by atoms with van der Waals surface area (Å²) in [6, 6.07) is 0. The molecule has 0 radical (unpaired) electrons. The number of aliphatic hydroxyl groups excluding tert-OH is 3. The van der Waals surface area contributed by atoms with Gasteiger partial charge in [0.15, 0.2) is 6.29 Å². The summed E-state index contributed by atoms with van der Waals surface area (Å²) < 4.78 is 116. The van der Waals surface area contributed by atoms with Gasteiger partial charge in [0.2, 0.25) is 34.8 Å². The zero-order chi connectivity index (χ0) is 37.7. The van der Waals surface area contributed by atoms with E-state index >= 15 is 0 Å². The van der Waals surface area contributed by atoms with Gasteiger partial charge in [-0.25, -0.2) is 17.9 Å². The Hall–Kier alpha value is -2.96. The lowest BCUT2D eigenvalue weighted by atomic mass is 10.0. The molecule has 16 nitrogen and oxygen atoms in total. The molecule has 1 fully saturated rings. The SMILES string of the molecule is O=C(CCOCCOCCOCCOCCOCCOCCn1cc(CCOC2CC(O)C(O)C(CO)O2)nn1)Oc1c(F)c(F)c(F)c(F)c1F. The third-order valence-corrected chi connectivity index (χ3v) is 7.12. The number of halogens is 5. The van der Waals surface area contributed by atoms with E-state index in [4.69, 9.17) is 37.9 Å². The Morgan fingerprint density at radius 1 is 0.750 bits per heavy atom. The van der Waals surface area contributed by atoms with E-state index in [1.54, 1.807) is 10.9 Å². The highest BCUT2D eigenvalue weighted by Gasteiger charge is 2.36. The number of hydrogen-bond donors (Lipinski definition) is 3. The first-order valence-corrected chi connectivity index (χ1v) is 16.4. The van der Waals surface area contributed by atoms with Crippen LogP contribution in [-0.4, -0.2) is 153 Å². The van der Waals surface area contributed by atoms with Crippen LogP contribution in [0.1, 0.15) is 18.5 Å². The average Bonchev–Trinajstić information content (AvgIpc) is 3.59. The number of hydrogen-bond acceptors (Lipinski definition) is 15. The van der Waals surface area contributed by atoms with Crippen LogP contribution in [0.5, 0.6) is 5.75 Å². The van der Waals surface area contributed by atoms with E-state index in [9.17, 15) is 42.1 Å². The van der Waals surface area contributed by atoms with Crippen LogP contribution < -0.4 is 4.74 Å². The Kier molecular flexibility index (Phi) is 20.4. The molecule has 3 rings (SSSR count). The maximum Gasteiger partial charge on any atom is 0.313 e. The van der Waals surface area contributed by atoms with Crippen LogP contribution in [0.15, 0.2) is 6.20 Å². The molecule has 1 aliphatic rings. The molecule has 0 aliphatic carbocycles. The van der Waals surface area contributed by atoms with Crippen molar-refractivity contribution < 1.29 is 84.7 Å². The first kappa shape index (κ1) is 43.4. The summed E-state index contributed by atoms with van der Waals surface area (Å²) in [5.74, 6) is -14.2. The molecule has 296 valence electrons. The third-order valence-electron chi connectivity index (χ3n) is 7.12. The highest BCUT2D eigenvalue weighted by molar-refractivity contribution is 5.72. The molecular formula is C31H44F5N3O13. The fourth-order valence-corrected chi connectivity index (χ4v) is 4.39. The van der Waals surface area contributed by atoms with E-state index in [0.717, 1.165) is 0 Å². The fourth-order valence-electron chi connectivity index (χ4n) is 4.39. The van der Waals surface area contributed by atoms with Gasteiger partial charge in [0.25, 0.3) is 0 Å². The Balaban J connectivity index is 1.04. The van der Waals surface area contributed by atoms with E-state index in [2.05, 4.69) is 15.0 Å². The molecule has 0 amide bonds. The molecule has 52 heavy (non-hydrogen) atoms. The zero-order valence-electron chi connectivity index (χ0n) is 28.3. The van der Waals surface area contributed by atoms with Crippen LogP contribution >= 0.6 is 0 Å². The number of carbonyl (C=O) groups is 1. The molecule has 4 atom stereocenters. The summed E-state index contributed by atoms with van der Waals surface area (Å²) in [7, 11) is 0. The minimum atomic E-state index is -2.36. The molecule has 0 spiro atoms. The number of nitrogens with zero attached hydrogens (tertiary/aromatic N) is 3. The van der Waals surface area contributed by atoms with Crippen molar-refractivity contribution in [1.29, 1.82) is 0 Å². The Morgan fingerprint density at radius 3 is 1.79 bits per heavy atom. The zero-order valence-corrected chi connectivity index (χ0v) is 28.3. The molecule has 3 N–H and O–H groups in total. The van der Waals surface area contributed by atoms with Gasteiger partial charge in [-0.1, -0.05) is 5.21 Å². The van der Waals surface area contributed by atoms with Gasteiger partial charge < -0.3 is 58.0 Å². The summed E-state index contributed by atoms with van der Waals surface area (Å²) in [5.41, 5.74) is 0.701. The third kappa shape index (κ3) is 15.2. The van der Waals surface area contributed by atoms with E-state index in [0.29, 0.717) is 64.9 Å². The van der Waals surface area contributed by atoms with Gasteiger partial charge in [0, 0.05) is 19.0 Å². The molecule has 1 aromatic carbocycles. The highest BCUT2D eigenvalue weighted by Crippen LogP contribution is 2.29. The van der Waals surface area contributed by atoms with E-state index in [1.165, 1.54) is 0 Å². The maximum absolute atomic E-state index is 13.5. The number of aliphatic hydroxyl groups is 3. The van der Waals surface area contributed by atoms with Gasteiger partial charge in [-0.3, -0.25) is 4.79 Å². The molecular weight excluding hydrogens is 717 g/mol. The van der Waals surface area contributed by atoms with Crippen molar-refractivity contribution in [3.8, 4) is 5.75 Å². The predicted molar refractivity (Wildman–Crippen MR) is 163 cm³/mol. The fraction of sp³-hybridized carbons (Fsp3) is 0.710. The van der Waals surface area contributed by atoms with Gasteiger partial charge in [-0.05, 0) is 0 Å². The second-order valence-corrected chi connectivity index (χ2v) is 11.0. The van der Waals surface area contributed by atoms with Gasteiger partial charge in [-0.15, -0.1) is 5.10 Å². The van der Waals surface area contributed by atoms with Crippen LogP contribution in [0.25, 0.3) is 0 Å². The molecule has 0 saturated carbocycles. The minimum Gasteiger partial charge on any atom is -0.420 e. The number of aromatic nitrogens is 3. The average molecular weight is 762 g/mol. The summed E-state index contributed by atoms with van der Waals surface area (Å²) in [5, 5.41) is 37.0. The summed E-state index contributed by atoms with van der Waals surface area (Å²) in [6.07, 6.45) is -1.99. The number of rotatable bonds is 27. The van der Waals surface area contributed by atoms with Gasteiger partial charge in [-0.2, -0.15) is 8.78 Å². The molecule has 1 saturated heterocycles. The topological polar surface area (TPSA) is 192 Å². The second-order valence-electron chi connectivity index (χ2n) is 11.0. The lowest BCUT2D eigenvalue weighted by Gasteiger charge is -2.35. The lowest BCUT2D eigenvalue weighted by molar-refractivity contribution is -0.256. The van der Waals surface area contributed by atoms with Crippen molar-refractivity contribution in [2.75, 3.05) is 92.5 Å². The maximum atomic E-state index is 13.5. The summed E-state index contributed by atoms with van der Waals surface area (Å²) >= 11 is 0. The van der Waals surface area contributed by atoms with Crippen molar-refractivity contribution in [2.45, 2.75) is 50.4 Å². The quantitative estimate of drug-likeness (QED) is 0.0284. The van der Waals surface area contributed by atoms with E-state index < -0.39 is 78.4 Å². The van der Waals surface area contributed by atoms with Crippen molar-refractivity contribution in [3.63, 3.8) is 0 Å². The normalized spacial score (nSPS) is 19.0. The standard InChI is InChI=1S/C31H44F5N3O13/c32-25-26(33)28(35)31(29(36)27(25)34)52-23(42)2-4-44-7-9-46-11-13-48-15-16-49-14-12-47-10-8-45-6-3-39-18-20(37-38-39)1-5-50-24-17-21(41)30(43)22(19-40)51-24/h18,21-22,24,30,40-41,43H,1-17,19H2. The van der Waals surface area contributed by atoms with Crippen LogP contribution in [-0.2, 0) is 55.7 Å². The van der Waals surface area contributed by atoms with Crippen molar-refractivity contribution in [3.05, 3.63) is 41.0 Å². The number of ether oxygens (including phenoxy) is 9. The molecule has 1 aromatic heterocycles. The van der Waals surface area contributed by atoms with Gasteiger partial charge >= 0.3 is 5.97 Å². The Labute approximate surface area is 295 Å². The van der Waals surface area contributed by atoms with E-state index in [-0.39, 0.29) is 46.1 Å². The Morgan fingerprint density at radius 2 is 1.25 bits per heavy atom. The van der Waals surface area contributed by atoms with Crippen LogP contribution in [0.4, 0.5) is 22.0 Å². The number of benzene rings is 1. The highest BCUT2D eigenvalue weighted by atomic mass is 19.2. The molecule has 4 unspecified atom stereocenters. The lowest BCUT2D eigenvalue weighted by Crippen LogP contribution is -2.50. The second kappa shape index (κ2) is 24.4. The first-order valence-electron chi connectivity index (χ1n) is 16.4.